The van der Waals surface area contributed by atoms with Crippen LogP contribution in [0, 0.1) is 11.8 Å². The first-order valence-electron chi connectivity index (χ1n) is 12.6. The lowest BCUT2D eigenvalue weighted by Crippen LogP contribution is -2.65. The average Bonchev–Trinajstić information content (AvgIpc) is 2.80. The minimum absolute atomic E-state index is 0.0516. The predicted molar refractivity (Wildman–Crippen MR) is 141 cm³/mol. The normalized spacial score (nSPS) is 27.0. The third-order valence-corrected chi connectivity index (χ3v) is 7.96. The number of primary amides is 1. The number of amides is 1. The van der Waals surface area contributed by atoms with Crippen molar-refractivity contribution in [1.29, 1.82) is 0 Å². The molecule has 1 aromatic rings. The number of carbonyl (C=O) groups excluding carboxylic acids is 3. The Morgan fingerprint density at radius 2 is 1.82 bits per heavy atom. The summed E-state index contributed by atoms with van der Waals surface area (Å²) in [6, 6.07) is 0.852. The Bertz CT molecular complexity index is 1300. The molecule has 0 heterocycles. The van der Waals surface area contributed by atoms with E-state index in [1.165, 1.54) is 4.90 Å². The molecule has 4 unspecified atom stereocenters. The van der Waals surface area contributed by atoms with Gasteiger partial charge in [0, 0.05) is 49.4 Å². The van der Waals surface area contributed by atoms with Crippen LogP contribution in [0.2, 0.25) is 0 Å². The highest BCUT2D eigenvalue weighted by Gasteiger charge is 2.64. The Kier molecular flexibility index (Phi) is 6.84. The highest BCUT2D eigenvalue weighted by Crippen LogP contribution is 2.54. The van der Waals surface area contributed by atoms with Gasteiger partial charge < -0.3 is 36.4 Å². The monoisotopic (exact) mass is 528 g/mol. The van der Waals surface area contributed by atoms with Gasteiger partial charge in [-0.05, 0) is 44.5 Å². The number of nitrogens with two attached hydrogens (primary N) is 1. The molecule has 3 aliphatic carbocycles. The van der Waals surface area contributed by atoms with Crippen LogP contribution in [0.1, 0.15) is 37.0 Å². The first kappa shape index (κ1) is 27.6. The average molecular weight is 529 g/mol. The van der Waals surface area contributed by atoms with Crippen LogP contribution in [0.15, 0.2) is 23.0 Å². The summed E-state index contributed by atoms with van der Waals surface area (Å²) in [5.41, 5.74) is 3.71. The molecule has 0 aliphatic heterocycles. The maximum Gasteiger partial charge on any atom is 0.255 e. The van der Waals surface area contributed by atoms with Gasteiger partial charge in [0.2, 0.25) is 5.78 Å². The van der Waals surface area contributed by atoms with Crippen LogP contribution in [0.4, 0.5) is 5.69 Å². The number of likely N-dealkylation sites (N-methyl/N-ethyl adjacent to an activating group) is 1. The Morgan fingerprint density at radius 3 is 2.34 bits per heavy atom. The third-order valence-electron chi connectivity index (χ3n) is 7.96. The molecule has 0 saturated heterocycles. The van der Waals surface area contributed by atoms with Gasteiger partial charge in [-0.25, -0.2) is 0 Å². The molecule has 1 amide bonds. The zero-order chi connectivity index (χ0) is 28.4. The van der Waals surface area contributed by atoms with Crippen LogP contribution in [0.25, 0.3) is 5.76 Å². The maximum absolute atomic E-state index is 14.0. The summed E-state index contributed by atoms with van der Waals surface area (Å²) >= 11 is 0. The number of aromatic hydroxyl groups is 1. The molecular weight excluding hydrogens is 492 g/mol. The van der Waals surface area contributed by atoms with Crippen molar-refractivity contribution in [2.75, 3.05) is 33.1 Å². The molecule has 11 heteroatoms. The van der Waals surface area contributed by atoms with Gasteiger partial charge in [0.1, 0.15) is 22.8 Å². The molecular formula is C27H36N4O7. The van der Waals surface area contributed by atoms with E-state index in [2.05, 4.69) is 5.32 Å². The van der Waals surface area contributed by atoms with Crippen LogP contribution >= 0.6 is 0 Å². The number of nitrogens with zero attached hydrogens (tertiary/aromatic N) is 2. The molecule has 1 aromatic carbocycles. The minimum Gasteiger partial charge on any atom is -0.508 e. The van der Waals surface area contributed by atoms with E-state index in [1.54, 1.807) is 14.1 Å². The molecule has 1 saturated carbocycles. The first-order chi connectivity index (χ1) is 17.6. The molecule has 206 valence electrons. The lowest BCUT2D eigenvalue weighted by atomic mass is 9.57. The lowest BCUT2D eigenvalue weighted by molar-refractivity contribution is -0.153. The van der Waals surface area contributed by atoms with Crippen molar-refractivity contribution in [3.05, 3.63) is 39.7 Å². The Hall–Kier alpha value is -3.41. The summed E-state index contributed by atoms with van der Waals surface area (Å²) in [5, 5.41) is 48.6. The summed E-state index contributed by atoms with van der Waals surface area (Å²) < 4.78 is 0. The summed E-state index contributed by atoms with van der Waals surface area (Å²) in [7, 11) is 6.82. The molecule has 0 radical (unpaired) electrons. The first-order valence-corrected chi connectivity index (χ1v) is 12.6. The van der Waals surface area contributed by atoms with E-state index in [9.17, 15) is 34.8 Å². The number of aliphatic hydroxyl groups excluding tert-OH is 2. The number of aliphatic hydroxyl groups is 3. The van der Waals surface area contributed by atoms with Gasteiger partial charge in [0.05, 0.1) is 11.6 Å². The molecule has 3 aliphatic rings. The van der Waals surface area contributed by atoms with Crippen molar-refractivity contribution in [1.82, 2.24) is 10.2 Å². The number of nitrogens with one attached hydrogen (secondary N) is 1. The van der Waals surface area contributed by atoms with Gasteiger partial charge in [0.25, 0.3) is 5.91 Å². The molecule has 11 nitrogen and oxygen atoms in total. The zero-order valence-corrected chi connectivity index (χ0v) is 22.5. The van der Waals surface area contributed by atoms with E-state index >= 15 is 0 Å². The molecule has 4 atom stereocenters. The summed E-state index contributed by atoms with van der Waals surface area (Å²) in [6.07, 6.45) is 0.295. The van der Waals surface area contributed by atoms with Crippen molar-refractivity contribution in [3.63, 3.8) is 0 Å². The second-order valence-electron chi connectivity index (χ2n) is 11.1. The summed E-state index contributed by atoms with van der Waals surface area (Å²) in [5.74, 6) is -6.55. The number of phenolic OH excluding ortho intramolecular Hbond substituents is 1. The zero-order valence-electron chi connectivity index (χ0n) is 22.5. The Labute approximate surface area is 221 Å². The van der Waals surface area contributed by atoms with Crippen LogP contribution in [0.5, 0.6) is 5.75 Å². The fraction of sp³-hybridized carbons (Fsp3) is 0.519. The van der Waals surface area contributed by atoms with Crippen LogP contribution in [-0.4, -0.2) is 88.7 Å². The number of rotatable bonds is 6. The van der Waals surface area contributed by atoms with Crippen molar-refractivity contribution in [2.24, 2.45) is 17.6 Å². The van der Waals surface area contributed by atoms with Gasteiger partial charge in [0.15, 0.2) is 11.4 Å². The number of hydrogen-bond donors (Lipinski definition) is 6. The molecule has 0 spiro atoms. The predicted octanol–water partition coefficient (Wildman–Crippen LogP) is 0.528. The van der Waals surface area contributed by atoms with Gasteiger partial charge in [-0.2, -0.15) is 0 Å². The van der Waals surface area contributed by atoms with Gasteiger partial charge in [-0.1, -0.05) is 13.8 Å². The number of Topliss-reactive ketones (excluding diaryl/α,β-unsaturated/α-hetero) is 2. The molecule has 7 N–H and O–H groups in total. The standard InChI is InChI=1S/C27H36N4O7/c1-11(2)29-10-13-9-16(30(3)4)14-7-12-8-15-20(31(5)6)23(34)19(26(28)37)25(36)27(15,38)24(35)17(12)22(33)18(14)21(13)32/h9,11-12,15,20,29,32-33,36,38H,7-8,10H2,1-6H3,(H2,28,37). The van der Waals surface area contributed by atoms with Gasteiger partial charge in [-0.15, -0.1) is 0 Å². The fourth-order valence-electron chi connectivity index (χ4n) is 6.19. The van der Waals surface area contributed by atoms with Crippen molar-refractivity contribution >= 4 is 28.9 Å². The number of phenols is 1. The van der Waals surface area contributed by atoms with E-state index in [0.29, 0.717) is 17.7 Å². The van der Waals surface area contributed by atoms with Crippen molar-refractivity contribution in [3.8, 4) is 5.75 Å². The number of anilines is 1. The van der Waals surface area contributed by atoms with E-state index in [-0.39, 0.29) is 35.8 Å². The smallest absolute Gasteiger partial charge is 0.255 e. The second kappa shape index (κ2) is 9.40. The second-order valence-corrected chi connectivity index (χ2v) is 11.1. The number of fused-ring (bicyclic) bond motifs is 3. The summed E-state index contributed by atoms with van der Waals surface area (Å²) in [6.45, 7) is 4.22. The molecule has 0 aromatic heterocycles. The molecule has 0 bridgehead atoms. The number of carbonyl (C=O) groups is 3. The number of hydrogen-bond acceptors (Lipinski definition) is 10. The largest absolute Gasteiger partial charge is 0.508 e. The van der Waals surface area contributed by atoms with Crippen molar-refractivity contribution in [2.45, 2.75) is 50.9 Å². The Balaban J connectivity index is 1.97. The molecule has 38 heavy (non-hydrogen) atoms. The van der Waals surface area contributed by atoms with E-state index < -0.39 is 58.0 Å². The van der Waals surface area contributed by atoms with Gasteiger partial charge in [-0.3, -0.25) is 19.3 Å². The van der Waals surface area contributed by atoms with Crippen LogP contribution < -0.4 is 16.0 Å². The molecule has 1 fully saturated rings. The lowest BCUT2D eigenvalue weighted by Gasteiger charge is -2.50. The molecule has 4 rings (SSSR count). The number of benzene rings is 1. The van der Waals surface area contributed by atoms with Crippen LogP contribution in [-0.2, 0) is 27.3 Å². The Morgan fingerprint density at radius 1 is 1.18 bits per heavy atom. The number of ketones is 2. The fourth-order valence-corrected chi connectivity index (χ4v) is 6.19. The van der Waals surface area contributed by atoms with Crippen molar-refractivity contribution < 1.29 is 34.8 Å². The third kappa shape index (κ3) is 3.88. The van der Waals surface area contributed by atoms with E-state index in [0.717, 1.165) is 5.69 Å². The minimum atomic E-state index is -2.65. The van der Waals surface area contributed by atoms with E-state index in [4.69, 9.17) is 5.73 Å². The van der Waals surface area contributed by atoms with Gasteiger partial charge >= 0.3 is 0 Å². The highest BCUT2D eigenvalue weighted by atomic mass is 16.3. The SMILES string of the molecule is CC(C)NCc1cc(N(C)C)c2c(c1O)C(O)=C1C(=O)C3(O)C(O)=C(C(N)=O)C(=O)C(N(C)C)C3CC1C2. The maximum atomic E-state index is 14.0. The summed E-state index contributed by atoms with van der Waals surface area (Å²) in [4.78, 5) is 42.6. The topological polar surface area (TPSA) is 177 Å². The van der Waals surface area contributed by atoms with Crippen LogP contribution in [0.3, 0.4) is 0 Å². The van der Waals surface area contributed by atoms with E-state index in [1.807, 2.05) is 38.9 Å². The highest BCUT2D eigenvalue weighted by molar-refractivity contribution is 6.24. The quantitative estimate of drug-likeness (QED) is 0.286.